The molecule has 0 saturated carbocycles. The van der Waals surface area contributed by atoms with E-state index in [1.54, 1.807) is 12.1 Å². The van der Waals surface area contributed by atoms with Gasteiger partial charge in [0.15, 0.2) is 6.04 Å². The molecule has 5 nitrogen and oxygen atoms in total. The third-order valence-corrected chi connectivity index (χ3v) is 6.10. The van der Waals surface area contributed by atoms with Gasteiger partial charge in [-0.3, -0.25) is 4.79 Å². The normalized spacial score (nSPS) is 12.0. The third kappa shape index (κ3) is 7.33. The Hall–Kier alpha value is -4.43. The maximum absolute atomic E-state index is 12.8. The molecule has 39 heavy (non-hydrogen) atoms. The lowest BCUT2D eigenvalue weighted by atomic mass is 10.0. The van der Waals surface area contributed by atoms with Crippen molar-refractivity contribution in [3.05, 3.63) is 120 Å². The number of ether oxygens (including phenoxy) is 2. The molecule has 1 atom stereocenters. The van der Waals surface area contributed by atoms with Crippen molar-refractivity contribution < 1.29 is 32.2 Å². The fourth-order valence-electron chi connectivity index (χ4n) is 3.94. The Kier molecular flexibility index (Phi) is 8.78. The molecular formula is C31H26F3NO4. The summed E-state index contributed by atoms with van der Waals surface area (Å²) in [5, 5.41) is 2.62. The lowest BCUT2D eigenvalue weighted by Gasteiger charge is -2.17. The zero-order chi connectivity index (χ0) is 27.8. The molecule has 0 aliphatic heterocycles. The summed E-state index contributed by atoms with van der Waals surface area (Å²) in [4.78, 5) is 25.0. The summed E-state index contributed by atoms with van der Waals surface area (Å²) < 4.78 is 48.9. The number of hydrogen-bond acceptors (Lipinski definition) is 4. The van der Waals surface area contributed by atoms with Crippen LogP contribution in [0.2, 0.25) is 0 Å². The standard InChI is InChI=1S/C31H26F3NO4/c1-38-30(37)28(20-39-19-21-7-9-23(10-8-21)22-5-3-2-4-6-22)35-29(36)26-13-11-24(12-14-26)25-15-17-27(18-16-25)31(32,33)34/h2-18,28H,19-20H2,1H3,(H,35,36)/t28-/m0/s1. The van der Waals surface area contributed by atoms with E-state index in [0.29, 0.717) is 11.1 Å². The van der Waals surface area contributed by atoms with E-state index in [-0.39, 0.29) is 18.8 Å². The minimum absolute atomic E-state index is 0.0948. The first-order valence-electron chi connectivity index (χ1n) is 12.1. The number of amides is 1. The highest BCUT2D eigenvalue weighted by molar-refractivity contribution is 5.97. The number of alkyl halides is 3. The summed E-state index contributed by atoms with van der Waals surface area (Å²) in [5.41, 5.74) is 3.84. The van der Waals surface area contributed by atoms with Crippen molar-refractivity contribution in [3.8, 4) is 22.3 Å². The molecule has 4 rings (SSSR count). The smallest absolute Gasteiger partial charge is 0.416 e. The molecule has 0 aliphatic carbocycles. The molecule has 0 aliphatic rings. The van der Waals surface area contributed by atoms with E-state index in [2.05, 4.69) is 5.32 Å². The van der Waals surface area contributed by atoms with Gasteiger partial charge in [-0.1, -0.05) is 78.9 Å². The number of carbonyl (C=O) groups is 2. The van der Waals surface area contributed by atoms with E-state index in [9.17, 15) is 22.8 Å². The Labute approximate surface area is 224 Å². The molecule has 0 saturated heterocycles. The molecule has 4 aromatic rings. The van der Waals surface area contributed by atoms with Crippen LogP contribution in [0.5, 0.6) is 0 Å². The molecule has 4 aromatic carbocycles. The summed E-state index contributed by atoms with van der Waals surface area (Å²) in [5.74, 6) is -1.16. The molecule has 0 aromatic heterocycles. The van der Waals surface area contributed by atoms with Crippen LogP contribution in [-0.4, -0.2) is 31.6 Å². The van der Waals surface area contributed by atoms with Gasteiger partial charge in [0.25, 0.3) is 5.91 Å². The van der Waals surface area contributed by atoms with Crippen LogP contribution in [0.4, 0.5) is 13.2 Å². The van der Waals surface area contributed by atoms with Gasteiger partial charge < -0.3 is 14.8 Å². The topological polar surface area (TPSA) is 64.6 Å². The van der Waals surface area contributed by atoms with E-state index in [1.807, 2.05) is 54.6 Å². The van der Waals surface area contributed by atoms with E-state index in [4.69, 9.17) is 9.47 Å². The van der Waals surface area contributed by atoms with Gasteiger partial charge in [-0.2, -0.15) is 13.2 Å². The fourth-order valence-corrected chi connectivity index (χ4v) is 3.94. The van der Waals surface area contributed by atoms with Gasteiger partial charge in [0.05, 0.1) is 25.9 Å². The number of halogens is 3. The van der Waals surface area contributed by atoms with E-state index >= 15 is 0 Å². The minimum atomic E-state index is -4.41. The lowest BCUT2D eigenvalue weighted by Crippen LogP contribution is -2.44. The fraction of sp³-hybridized carbons (Fsp3) is 0.161. The lowest BCUT2D eigenvalue weighted by molar-refractivity contribution is -0.144. The van der Waals surface area contributed by atoms with Crippen LogP contribution in [0.1, 0.15) is 21.5 Å². The average Bonchev–Trinajstić information content (AvgIpc) is 2.96. The predicted molar refractivity (Wildman–Crippen MR) is 142 cm³/mol. The van der Waals surface area contributed by atoms with Crippen molar-refractivity contribution in [1.29, 1.82) is 0 Å². The highest BCUT2D eigenvalue weighted by atomic mass is 19.4. The molecule has 0 spiro atoms. The third-order valence-electron chi connectivity index (χ3n) is 6.10. The molecule has 1 N–H and O–H groups in total. The van der Waals surface area contributed by atoms with Gasteiger partial charge in [-0.15, -0.1) is 0 Å². The van der Waals surface area contributed by atoms with Crippen LogP contribution in [0.15, 0.2) is 103 Å². The van der Waals surface area contributed by atoms with Gasteiger partial charge in [-0.25, -0.2) is 4.79 Å². The van der Waals surface area contributed by atoms with Crippen LogP contribution in [0, 0.1) is 0 Å². The summed E-state index contributed by atoms with van der Waals surface area (Å²) in [6, 6.07) is 27.9. The Morgan fingerprint density at radius 3 is 1.79 bits per heavy atom. The number of rotatable bonds is 9. The van der Waals surface area contributed by atoms with Crippen molar-refractivity contribution in [1.82, 2.24) is 5.32 Å². The van der Waals surface area contributed by atoms with Gasteiger partial charge in [-0.05, 0) is 52.1 Å². The highest BCUT2D eigenvalue weighted by Crippen LogP contribution is 2.31. The zero-order valence-electron chi connectivity index (χ0n) is 21.1. The first kappa shape index (κ1) is 27.6. The van der Waals surface area contributed by atoms with Crippen molar-refractivity contribution >= 4 is 11.9 Å². The van der Waals surface area contributed by atoms with Gasteiger partial charge >= 0.3 is 12.1 Å². The minimum Gasteiger partial charge on any atom is -0.467 e. The molecular weight excluding hydrogens is 507 g/mol. The van der Waals surface area contributed by atoms with E-state index in [1.165, 1.54) is 31.4 Å². The second kappa shape index (κ2) is 12.4. The monoisotopic (exact) mass is 533 g/mol. The molecule has 0 heterocycles. The number of nitrogens with one attached hydrogen (secondary N) is 1. The van der Waals surface area contributed by atoms with Crippen molar-refractivity contribution in [2.24, 2.45) is 0 Å². The van der Waals surface area contributed by atoms with E-state index < -0.39 is 29.7 Å². The van der Waals surface area contributed by atoms with Crippen LogP contribution >= 0.6 is 0 Å². The molecule has 0 bridgehead atoms. The van der Waals surface area contributed by atoms with Gasteiger partial charge in [0.1, 0.15) is 0 Å². The van der Waals surface area contributed by atoms with Crippen molar-refractivity contribution in [2.75, 3.05) is 13.7 Å². The first-order valence-corrected chi connectivity index (χ1v) is 12.1. The predicted octanol–water partition coefficient (Wildman–Crippen LogP) is 6.53. The van der Waals surface area contributed by atoms with Crippen LogP contribution in [-0.2, 0) is 27.1 Å². The number of hydrogen-bond donors (Lipinski definition) is 1. The summed E-state index contributed by atoms with van der Waals surface area (Å²) in [6.07, 6.45) is -4.41. The SMILES string of the molecule is COC(=O)[C@H](COCc1ccc(-c2ccccc2)cc1)NC(=O)c1ccc(-c2ccc(C(F)(F)F)cc2)cc1. The molecule has 1 amide bonds. The Bertz CT molecular complexity index is 1390. The van der Waals surface area contributed by atoms with Crippen molar-refractivity contribution in [3.63, 3.8) is 0 Å². The van der Waals surface area contributed by atoms with Crippen LogP contribution in [0.25, 0.3) is 22.3 Å². The molecule has 0 fully saturated rings. The largest absolute Gasteiger partial charge is 0.467 e. The van der Waals surface area contributed by atoms with Crippen LogP contribution in [0.3, 0.4) is 0 Å². The van der Waals surface area contributed by atoms with E-state index in [0.717, 1.165) is 28.8 Å². The zero-order valence-corrected chi connectivity index (χ0v) is 21.1. The Morgan fingerprint density at radius 1 is 0.744 bits per heavy atom. The summed E-state index contributed by atoms with van der Waals surface area (Å²) >= 11 is 0. The first-order chi connectivity index (χ1) is 18.7. The molecule has 8 heteroatoms. The average molecular weight is 534 g/mol. The second-order valence-electron chi connectivity index (χ2n) is 8.78. The number of carbonyl (C=O) groups excluding carboxylic acids is 2. The molecule has 200 valence electrons. The second-order valence-corrected chi connectivity index (χ2v) is 8.78. The molecule has 0 unspecified atom stereocenters. The summed E-state index contributed by atoms with van der Waals surface area (Å²) in [6.45, 7) is 0.142. The Morgan fingerprint density at radius 2 is 1.26 bits per heavy atom. The van der Waals surface area contributed by atoms with Gasteiger partial charge in [0.2, 0.25) is 0 Å². The summed E-state index contributed by atoms with van der Waals surface area (Å²) in [7, 11) is 1.22. The quantitative estimate of drug-likeness (QED) is 0.249. The highest BCUT2D eigenvalue weighted by Gasteiger charge is 2.30. The van der Waals surface area contributed by atoms with Crippen molar-refractivity contribution in [2.45, 2.75) is 18.8 Å². The van der Waals surface area contributed by atoms with Gasteiger partial charge in [0, 0.05) is 5.56 Å². The maximum Gasteiger partial charge on any atom is 0.416 e. The van der Waals surface area contributed by atoms with Crippen LogP contribution < -0.4 is 5.32 Å². The molecule has 0 radical (unpaired) electrons. The maximum atomic E-state index is 12.8. The Balaban J connectivity index is 1.34. The number of esters is 1. The number of methoxy groups -OCH3 is 1. The number of benzene rings is 4.